The summed E-state index contributed by atoms with van der Waals surface area (Å²) >= 11 is 7.36. The van der Waals surface area contributed by atoms with Crippen molar-refractivity contribution < 1.29 is 14.4 Å². The molecule has 0 heterocycles. The molecule has 0 fully saturated rings. The lowest BCUT2D eigenvalue weighted by Gasteiger charge is -2.20. The summed E-state index contributed by atoms with van der Waals surface area (Å²) in [5, 5.41) is 6.04. The number of likely N-dealkylation sites (N-methyl/N-ethyl adjacent to an activating group) is 1. The number of thioether (sulfide) groups is 1. The van der Waals surface area contributed by atoms with Gasteiger partial charge in [-0.15, -0.1) is 11.8 Å². The molecule has 6 nitrogen and oxygen atoms in total. The van der Waals surface area contributed by atoms with Crippen molar-refractivity contribution in [1.82, 2.24) is 4.90 Å². The van der Waals surface area contributed by atoms with Crippen molar-refractivity contribution in [3.8, 4) is 0 Å². The van der Waals surface area contributed by atoms with Crippen LogP contribution in [0.1, 0.15) is 19.4 Å². The fourth-order valence-corrected chi connectivity index (χ4v) is 3.52. The van der Waals surface area contributed by atoms with Crippen LogP contribution in [-0.2, 0) is 14.4 Å². The highest BCUT2D eigenvalue weighted by atomic mass is 35.5. The van der Waals surface area contributed by atoms with Gasteiger partial charge in [0.15, 0.2) is 0 Å². The molecule has 0 aromatic heterocycles. The molecular formula is C21H24ClN3O3S. The van der Waals surface area contributed by atoms with Gasteiger partial charge in [-0.3, -0.25) is 14.4 Å². The van der Waals surface area contributed by atoms with Gasteiger partial charge in [-0.25, -0.2) is 0 Å². The first-order chi connectivity index (χ1) is 13.8. The van der Waals surface area contributed by atoms with Crippen LogP contribution in [0.4, 0.5) is 11.4 Å². The van der Waals surface area contributed by atoms with E-state index in [2.05, 4.69) is 10.6 Å². The predicted octanol–water partition coefficient (Wildman–Crippen LogP) is 4.19. The second-order valence-electron chi connectivity index (χ2n) is 6.41. The van der Waals surface area contributed by atoms with Gasteiger partial charge in [0.2, 0.25) is 17.7 Å². The fourth-order valence-electron chi connectivity index (χ4n) is 2.54. The largest absolute Gasteiger partial charge is 0.333 e. The summed E-state index contributed by atoms with van der Waals surface area (Å²) in [5.74, 6) is -0.307. The van der Waals surface area contributed by atoms with Crippen LogP contribution in [0.25, 0.3) is 0 Å². The maximum Gasteiger partial charge on any atom is 0.244 e. The van der Waals surface area contributed by atoms with Crippen LogP contribution in [0.3, 0.4) is 0 Å². The topological polar surface area (TPSA) is 78.5 Å². The van der Waals surface area contributed by atoms with E-state index >= 15 is 0 Å². The fraction of sp³-hybridized carbons (Fsp3) is 0.286. The molecule has 154 valence electrons. The lowest BCUT2D eigenvalue weighted by Crippen LogP contribution is -2.38. The normalized spacial score (nSPS) is 10.3. The van der Waals surface area contributed by atoms with E-state index in [1.165, 1.54) is 23.6 Å². The second kappa shape index (κ2) is 10.9. The van der Waals surface area contributed by atoms with Crippen molar-refractivity contribution in [2.45, 2.75) is 25.7 Å². The van der Waals surface area contributed by atoms with Gasteiger partial charge < -0.3 is 15.5 Å². The van der Waals surface area contributed by atoms with Crippen molar-refractivity contribution >= 4 is 52.5 Å². The summed E-state index contributed by atoms with van der Waals surface area (Å²) in [6, 6.07) is 12.5. The van der Waals surface area contributed by atoms with Gasteiger partial charge in [-0.2, -0.15) is 0 Å². The molecule has 2 aromatic rings. The van der Waals surface area contributed by atoms with E-state index < -0.39 is 0 Å². The Bertz CT molecular complexity index is 887. The van der Waals surface area contributed by atoms with Crippen molar-refractivity contribution in [2.75, 3.05) is 29.5 Å². The molecule has 0 saturated carbocycles. The molecule has 0 bridgehead atoms. The summed E-state index contributed by atoms with van der Waals surface area (Å²) in [6.07, 6.45) is 0. The first-order valence-electron chi connectivity index (χ1n) is 9.12. The number of hydrogen-bond acceptors (Lipinski definition) is 4. The summed E-state index contributed by atoms with van der Waals surface area (Å²) in [4.78, 5) is 38.3. The number of carbonyl (C=O) groups is 3. The van der Waals surface area contributed by atoms with Crippen LogP contribution in [-0.4, -0.2) is 41.5 Å². The quantitative estimate of drug-likeness (QED) is 0.612. The van der Waals surface area contributed by atoms with E-state index in [1.54, 1.807) is 24.3 Å². The lowest BCUT2D eigenvalue weighted by molar-refractivity contribution is -0.132. The highest BCUT2D eigenvalue weighted by molar-refractivity contribution is 8.00. The van der Waals surface area contributed by atoms with Crippen molar-refractivity contribution in [1.29, 1.82) is 0 Å². The molecule has 0 saturated heterocycles. The van der Waals surface area contributed by atoms with Crippen molar-refractivity contribution in [3.63, 3.8) is 0 Å². The molecule has 0 aliphatic rings. The van der Waals surface area contributed by atoms with Gasteiger partial charge in [0.1, 0.15) is 0 Å². The first-order valence-corrected chi connectivity index (χ1v) is 10.5. The number of hydrogen-bond donors (Lipinski definition) is 2. The minimum atomic E-state index is -0.268. The minimum absolute atomic E-state index is 0.0245. The van der Waals surface area contributed by atoms with Gasteiger partial charge in [-0.1, -0.05) is 17.7 Å². The number of amides is 3. The Morgan fingerprint density at radius 3 is 2.38 bits per heavy atom. The molecule has 0 unspecified atom stereocenters. The molecule has 8 heteroatoms. The molecule has 0 spiro atoms. The standard InChI is InChI=1S/C21H24ClN3O3S/c1-4-25(12-20(27)24-19-11-16(22)6-5-14(19)2)21(28)13-29-18-9-7-17(8-10-18)23-15(3)26/h5-11H,4,12-13H2,1-3H3,(H,23,26)(H,24,27). The zero-order valence-corrected chi connectivity index (χ0v) is 18.2. The minimum Gasteiger partial charge on any atom is -0.333 e. The number of anilines is 2. The Labute approximate surface area is 180 Å². The molecule has 2 rings (SSSR count). The number of carbonyl (C=O) groups excluding carboxylic acids is 3. The zero-order valence-electron chi connectivity index (χ0n) is 16.6. The summed E-state index contributed by atoms with van der Waals surface area (Å²) in [6.45, 7) is 5.57. The lowest BCUT2D eigenvalue weighted by atomic mass is 10.2. The van der Waals surface area contributed by atoms with E-state index in [0.29, 0.717) is 22.9 Å². The van der Waals surface area contributed by atoms with Gasteiger partial charge in [0.05, 0.1) is 12.3 Å². The Kier molecular flexibility index (Phi) is 8.54. The molecule has 3 amide bonds. The Balaban J connectivity index is 1.88. The van der Waals surface area contributed by atoms with Crippen LogP contribution >= 0.6 is 23.4 Å². The highest BCUT2D eigenvalue weighted by Crippen LogP contribution is 2.22. The zero-order chi connectivity index (χ0) is 21.4. The molecule has 2 N–H and O–H groups in total. The Morgan fingerprint density at radius 2 is 1.76 bits per heavy atom. The van der Waals surface area contributed by atoms with E-state index in [4.69, 9.17) is 11.6 Å². The third kappa shape index (κ3) is 7.44. The van der Waals surface area contributed by atoms with Gasteiger partial charge in [0.25, 0.3) is 0 Å². The van der Waals surface area contributed by atoms with E-state index in [0.717, 1.165) is 10.5 Å². The molecule has 0 radical (unpaired) electrons. The van der Waals surface area contributed by atoms with Gasteiger partial charge >= 0.3 is 0 Å². The van der Waals surface area contributed by atoms with Crippen molar-refractivity contribution in [3.05, 3.63) is 53.1 Å². The van der Waals surface area contributed by atoms with E-state index in [-0.39, 0.29) is 30.0 Å². The summed E-state index contributed by atoms with van der Waals surface area (Å²) < 4.78 is 0. The molecular weight excluding hydrogens is 410 g/mol. The highest BCUT2D eigenvalue weighted by Gasteiger charge is 2.16. The molecule has 0 aliphatic carbocycles. The monoisotopic (exact) mass is 433 g/mol. The van der Waals surface area contributed by atoms with Crippen molar-refractivity contribution in [2.24, 2.45) is 0 Å². The van der Waals surface area contributed by atoms with Crippen LogP contribution in [0.15, 0.2) is 47.4 Å². The SMILES string of the molecule is CCN(CC(=O)Nc1cc(Cl)ccc1C)C(=O)CSc1ccc(NC(C)=O)cc1. The van der Waals surface area contributed by atoms with Gasteiger partial charge in [-0.05, 0) is 55.8 Å². The summed E-state index contributed by atoms with van der Waals surface area (Å²) in [7, 11) is 0. The first kappa shape index (κ1) is 22.8. The number of nitrogens with zero attached hydrogens (tertiary/aromatic N) is 1. The van der Waals surface area contributed by atoms with E-state index in [9.17, 15) is 14.4 Å². The second-order valence-corrected chi connectivity index (χ2v) is 7.89. The molecule has 2 aromatic carbocycles. The molecule has 0 aliphatic heterocycles. The summed E-state index contributed by atoms with van der Waals surface area (Å²) in [5.41, 5.74) is 2.24. The number of benzene rings is 2. The van der Waals surface area contributed by atoms with Crippen LogP contribution in [0, 0.1) is 6.92 Å². The predicted molar refractivity (Wildman–Crippen MR) is 119 cm³/mol. The van der Waals surface area contributed by atoms with Gasteiger partial charge in [0, 0.05) is 34.8 Å². The molecule has 29 heavy (non-hydrogen) atoms. The van der Waals surface area contributed by atoms with Crippen LogP contribution in [0.5, 0.6) is 0 Å². The van der Waals surface area contributed by atoms with Crippen LogP contribution < -0.4 is 10.6 Å². The maximum absolute atomic E-state index is 12.5. The number of halogens is 1. The third-order valence-electron chi connectivity index (χ3n) is 4.08. The maximum atomic E-state index is 12.5. The smallest absolute Gasteiger partial charge is 0.244 e. The average molecular weight is 434 g/mol. The third-order valence-corrected chi connectivity index (χ3v) is 5.31. The number of rotatable bonds is 8. The number of aryl methyl sites for hydroxylation is 1. The Morgan fingerprint density at radius 1 is 1.07 bits per heavy atom. The number of nitrogens with one attached hydrogen (secondary N) is 2. The van der Waals surface area contributed by atoms with E-state index in [1.807, 2.05) is 32.0 Å². The molecule has 0 atom stereocenters. The average Bonchev–Trinajstić information content (AvgIpc) is 2.67. The Hall–Kier alpha value is -2.51. The van der Waals surface area contributed by atoms with Crippen LogP contribution in [0.2, 0.25) is 5.02 Å².